The normalized spacial score (nSPS) is 11.0. The van der Waals surface area contributed by atoms with E-state index < -0.39 is 0 Å². The molecule has 0 amide bonds. The Morgan fingerprint density at radius 2 is 0.889 bits per heavy atom. The molecule has 0 fully saturated rings. The Labute approximate surface area is 217 Å². The molecule has 4 aromatic carbocycles. The van der Waals surface area contributed by atoms with E-state index in [-0.39, 0.29) is 0 Å². The molecule has 4 rings (SSSR count). The van der Waals surface area contributed by atoms with Crippen LogP contribution in [0.25, 0.3) is 22.3 Å². The Morgan fingerprint density at radius 3 is 1.58 bits per heavy atom. The summed E-state index contributed by atoms with van der Waals surface area (Å²) in [5.74, 6) is 0. The first-order chi connectivity index (χ1) is 17.9. The van der Waals surface area contributed by atoms with Crippen molar-refractivity contribution in [3.05, 3.63) is 120 Å². The summed E-state index contributed by atoms with van der Waals surface area (Å²) in [6.07, 6.45) is 7.44. The third kappa shape index (κ3) is 8.19. The van der Waals surface area contributed by atoms with Crippen molar-refractivity contribution < 1.29 is 0 Å². The van der Waals surface area contributed by atoms with Crippen LogP contribution in [0.15, 0.2) is 109 Å². The van der Waals surface area contributed by atoms with E-state index in [1.54, 1.807) is 0 Å². The van der Waals surface area contributed by atoms with Crippen molar-refractivity contribution >= 4 is 0 Å². The summed E-state index contributed by atoms with van der Waals surface area (Å²) in [6.45, 7) is 4.16. The smallest absolute Gasteiger partial charge is 0.0211 e. The molecule has 0 aromatic heterocycles. The van der Waals surface area contributed by atoms with Crippen LogP contribution in [0.3, 0.4) is 0 Å². The van der Waals surface area contributed by atoms with E-state index in [0.717, 1.165) is 39.0 Å². The molecule has 0 atom stereocenters. The van der Waals surface area contributed by atoms with E-state index in [9.17, 15) is 0 Å². The number of hydrogen-bond donors (Lipinski definition) is 2. The van der Waals surface area contributed by atoms with E-state index in [1.165, 1.54) is 59.1 Å². The molecular formula is C34H40N2. The highest BCUT2D eigenvalue weighted by atomic mass is 14.9. The van der Waals surface area contributed by atoms with Gasteiger partial charge < -0.3 is 10.6 Å². The number of hydrogen-bond acceptors (Lipinski definition) is 2. The summed E-state index contributed by atoms with van der Waals surface area (Å²) in [7, 11) is 0. The Bertz CT molecular complexity index is 1040. The molecule has 186 valence electrons. The highest BCUT2D eigenvalue weighted by Gasteiger charge is 2.05. The summed E-state index contributed by atoms with van der Waals surface area (Å²) >= 11 is 0. The van der Waals surface area contributed by atoms with Gasteiger partial charge in [0.15, 0.2) is 0 Å². The molecule has 0 heterocycles. The molecule has 0 saturated heterocycles. The number of aryl methyl sites for hydroxylation is 1. The van der Waals surface area contributed by atoms with E-state index in [2.05, 4.69) is 120 Å². The van der Waals surface area contributed by atoms with Crippen LogP contribution in [-0.2, 0) is 13.0 Å². The van der Waals surface area contributed by atoms with Gasteiger partial charge in [0.2, 0.25) is 0 Å². The van der Waals surface area contributed by atoms with E-state index in [4.69, 9.17) is 0 Å². The van der Waals surface area contributed by atoms with Gasteiger partial charge in [0.25, 0.3) is 0 Å². The molecule has 0 unspecified atom stereocenters. The SMILES string of the molecule is c1ccc(-c2ccccc2CCCCCCNCCCNCc2ccccc2-c2ccccc2)cc1. The topological polar surface area (TPSA) is 24.1 Å². The fourth-order valence-electron chi connectivity index (χ4n) is 4.82. The number of benzene rings is 4. The second kappa shape index (κ2) is 15.0. The first-order valence-electron chi connectivity index (χ1n) is 13.6. The van der Waals surface area contributed by atoms with Gasteiger partial charge >= 0.3 is 0 Å². The summed E-state index contributed by atoms with van der Waals surface area (Å²) in [5, 5.41) is 7.24. The third-order valence-corrected chi connectivity index (χ3v) is 6.78. The Kier molecular flexibility index (Phi) is 10.8. The lowest BCUT2D eigenvalue weighted by Crippen LogP contribution is -2.22. The zero-order chi connectivity index (χ0) is 24.7. The van der Waals surface area contributed by atoms with Gasteiger partial charge in [-0.2, -0.15) is 0 Å². The standard InChI is InChI=1S/C34H40N2/c1(5-16-30-21-10-12-23-33(30)29-17-6-3-7-18-29)2-14-25-35-26-15-27-36-28-32-22-11-13-24-34(32)31-19-8-4-9-20-31/h3-4,6-13,17-24,35-36H,1-2,5,14-16,25-28H2. The van der Waals surface area contributed by atoms with Crippen molar-refractivity contribution in [2.45, 2.75) is 45.1 Å². The van der Waals surface area contributed by atoms with Crippen molar-refractivity contribution in [3.63, 3.8) is 0 Å². The van der Waals surface area contributed by atoms with Crippen LogP contribution in [0.4, 0.5) is 0 Å². The van der Waals surface area contributed by atoms with E-state index >= 15 is 0 Å². The second-order valence-electron chi connectivity index (χ2n) is 9.49. The van der Waals surface area contributed by atoms with Gasteiger partial charge in [-0.3, -0.25) is 0 Å². The van der Waals surface area contributed by atoms with Gasteiger partial charge in [-0.05, 0) is 78.7 Å². The van der Waals surface area contributed by atoms with E-state index in [0.29, 0.717) is 0 Å². The maximum Gasteiger partial charge on any atom is 0.0211 e. The van der Waals surface area contributed by atoms with Crippen LogP contribution in [0.5, 0.6) is 0 Å². The molecule has 0 radical (unpaired) electrons. The molecule has 0 aliphatic heterocycles. The quantitative estimate of drug-likeness (QED) is 0.170. The van der Waals surface area contributed by atoms with Gasteiger partial charge in [-0.1, -0.05) is 122 Å². The van der Waals surface area contributed by atoms with Gasteiger partial charge in [-0.25, -0.2) is 0 Å². The summed E-state index contributed by atoms with van der Waals surface area (Å²) in [5.41, 5.74) is 8.16. The zero-order valence-corrected chi connectivity index (χ0v) is 21.5. The summed E-state index contributed by atoms with van der Waals surface area (Å²) in [6, 6.07) is 39.0. The highest BCUT2D eigenvalue weighted by Crippen LogP contribution is 2.25. The lowest BCUT2D eigenvalue weighted by atomic mass is 9.96. The maximum atomic E-state index is 3.62. The van der Waals surface area contributed by atoms with Gasteiger partial charge in [-0.15, -0.1) is 0 Å². The molecule has 0 bridgehead atoms. The molecule has 0 aliphatic carbocycles. The van der Waals surface area contributed by atoms with Crippen LogP contribution in [0, 0.1) is 0 Å². The molecule has 36 heavy (non-hydrogen) atoms. The van der Waals surface area contributed by atoms with E-state index in [1.807, 2.05) is 0 Å². The molecule has 2 N–H and O–H groups in total. The average molecular weight is 477 g/mol. The molecular weight excluding hydrogens is 436 g/mol. The van der Waals surface area contributed by atoms with Crippen molar-refractivity contribution in [3.8, 4) is 22.3 Å². The Hall–Kier alpha value is -3.20. The predicted octanol–water partition coefficient (Wildman–Crippen LogP) is 7.89. The molecule has 2 nitrogen and oxygen atoms in total. The minimum absolute atomic E-state index is 0.915. The lowest BCUT2D eigenvalue weighted by molar-refractivity contribution is 0.560. The van der Waals surface area contributed by atoms with Gasteiger partial charge in [0.1, 0.15) is 0 Å². The fourth-order valence-corrected chi connectivity index (χ4v) is 4.82. The van der Waals surface area contributed by atoms with Crippen LogP contribution in [0.2, 0.25) is 0 Å². The Morgan fingerprint density at radius 1 is 0.389 bits per heavy atom. The first-order valence-corrected chi connectivity index (χ1v) is 13.6. The average Bonchev–Trinajstić information content (AvgIpc) is 2.95. The van der Waals surface area contributed by atoms with Gasteiger partial charge in [0, 0.05) is 6.54 Å². The Balaban J connectivity index is 1.04. The number of nitrogens with one attached hydrogen (secondary N) is 2. The molecule has 4 aromatic rings. The molecule has 0 spiro atoms. The summed E-state index contributed by atoms with van der Waals surface area (Å²) < 4.78 is 0. The van der Waals surface area contributed by atoms with Crippen molar-refractivity contribution in [1.29, 1.82) is 0 Å². The maximum absolute atomic E-state index is 3.62. The lowest BCUT2D eigenvalue weighted by Gasteiger charge is -2.11. The van der Waals surface area contributed by atoms with Gasteiger partial charge in [0.05, 0.1) is 0 Å². The molecule has 2 heteroatoms. The van der Waals surface area contributed by atoms with Crippen molar-refractivity contribution in [2.24, 2.45) is 0 Å². The van der Waals surface area contributed by atoms with Crippen LogP contribution in [0.1, 0.15) is 43.2 Å². The van der Waals surface area contributed by atoms with Crippen LogP contribution in [-0.4, -0.2) is 19.6 Å². The zero-order valence-electron chi connectivity index (χ0n) is 21.5. The minimum atomic E-state index is 0.915. The van der Waals surface area contributed by atoms with Crippen LogP contribution >= 0.6 is 0 Å². The second-order valence-corrected chi connectivity index (χ2v) is 9.49. The molecule has 0 saturated carbocycles. The first kappa shape index (κ1) is 25.9. The van der Waals surface area contributed by atoms with Crippen LogP contribution < -0.4 is 10.6 Å². The minimum Gasteiger partial charge on any atom is -0.317 e. The third-order valence-electron chi connectivity index (χ3n) is 6.78. The highest BCUT2D eigenvalue weighted by molar-refractivity contribution is 5.68. The largest absolute Gasteiger partial charge is 0.317 e. The summed E-state index contributed by atoms with van der Waals surface area (Å²) in [4.78, 5) is 0. The number of unbranched alkanes of at least 4 members (excludes halogenated alkanes) is 3. The fraction of sp³-hybridized carbons (Fsp3) is 0.294. The number of rotatable bonds is 15. The predicted molar refractivity (Wildman–Crippen MR) is 155 cm³/mol. The van der Waals surface area contributed by atoms with Crippen molar-refractivity contribution in [1.82, 2.24) is 10.6 Å². The molecule has 0 aliphatic rings. The monoisotopic (exact) mass is 476 g/mol. The van der Waals surface area contributed by atoms with Crippen molar-refractivity contribution in [2.75, 3.05) is 19.6 Å².